The van der Waals surface area contributed by atoms with Gasteiger partial charge in [-0.2, -0.15) is 13.2 Å². The molecule has 1 amide bonds. The number of rotatable bonds is 6. The summed E-state index contributed by atoms with van der Waals surface area (Å²) >= 11 is 0. The van der Waals surface area contributed by atoms with Crippen molar-refractivity contribution in [1.29, 1.82) is 0 Å². The lowest BCUT2D eigenvalue weighted by atomic mass is 9.94. The van der Waals surface area contributed by atoms with Crippen molar-refractivity contribution in [2.75, 3.05) is 19.6 Å². The zero-order valence-electron chi connectivity index (χ0n) is 14.4. The van der Waals surface area contributed by atoms with Gasteiger partial charge in [0.05, 0.1) is 0 Å². The van der Waals surface area contributed by atoms with Crippen molar-refractivity contribution in [3.05, 3.63) is 35.4 Å². The predicted octanol–water partition coefficient (Wildman–Crippen LogP) is 3.73. The van der Waals surface area contributed by atoms with Crippen molar-refractivity contribution in [3.8, 4) is 0 Å². The van der Waals surface area contributed by atoms with E-state index in [0.717, 1.165) is 28.9 Å². The Morgan fingerprint density at radius 2 is 1.88 bits per heavy atom. The third-order valence-electron chi connectivity index (χ3n) is 4.75. The highest BCUT2D eigenvalue weighted by Crippen LogP contribution is 2.33. The Bertz CT molecular complexity index is 548. The van der Waals surface area contributed by atoms with Crippen LogP contribution in [-0.2, 0) is 11.2 Å². The lowest BCUT2D eigenvalue weighted by Gasteiger charge is -2.29. The van der Waals surface area contributed by atoms with E-state index in [-0.39, 0.29) is 30.8 Å². The van der Waals surface area contributed by atoms with Gasteiger partial charge in [-0.3, -0.25) is 4.79 Å². The second kappa shape index (κ2) is 9.43. The van der Waals surface area contributed by atoms with Crippen LogP contribution in [0.1, 0.15) is 30.4 Å². The molecule has 142 valence electrons. The molecule has 0 radical (unpaired) electrons. The van der Waals surface area contributed by atoms with Gasteiger partial charge >= 0.3 is 6.18 Å². The zero-order chi connectivity index (χ0) is 17.7. The zero-order valence-corrected chi connectivity index (χ0v) is 15.2. The maximum absolute atomic E-state index is 12.9. The van der Waals surface area contributed by atoms with E-state index >= 15 is 0 Å². The quantitative estimate of drug-likeness (QED) is 0.819. The van der Waals surface area contributed by atoms with Crippen LogP contribution in [0.4, 0.5) is 13.2 Å². The van der Waals surface area contributed by atoms with Crippen LogP contribution in [0.25, 0.3) is 0 Å². The summed E-state index contributed by atoms with van der Waals surface area (Å²) in [5, 5.41) is 0. The number of carbonyl (C=O) groups excluding carboxylic acids is 1. The normalized spacial score (nSPS) is 20.2. The van der Waals surface area contributed by atoms with Gasteiger partial charge in [-0.25, -0.2) is 0 Å². The van der Waals surface area contributed by atoms with E-state index in [1.165, 1.54) is 0 Å². The van der Waals surface area contributed by atoms with Gasteiger partial charge in [0.2, 0.25) is 5.91 Å². The molecule has 3 nitrogen and oxygen atoms in total. The molecule has 0 heterocycles. The fourth-order valence-corrected chi connectivity index (χ4v) is 3.38. The molecule has 1 aromatic carbocycles. The summed E-state index contributed by atoms with van der Waals surface area (Å²) in [5.41, 5.74) is 7.70. The number of halogens is 4. The molecule has 0 unspecified atom stereocenters. The van der Waals surface area contributed by atoms with Crippen LogP contribution in [0.5, 0.6) is 0 Å². The molecule has 0 aromatic heterocycles. The monoisotopic (exact) mass is 378 g/mol. The molecule has 1 aromatic rings. The molecule has 1 aliphatic carbocycles. The topological polar surface area (TPSA) is 46.3 Å². The summed E-state index contributed by atoms with van der Waals surface area (Å²) in [4.78, 5) is 13.6. The van der Waals surface area contributed by atoms with Crippen LogP contribution in [0.3, 0.4) is 0 Å². The smallest absolute Gasteiger partial charge is 0.333 e. The molecule has 2 atom stereocenters. The van der Waals surface area contributed by atoms with Gasteiger partial charge in [0.25, 0.3) is 0 Å². The van der Waals surface area contributed by atoms with Crippen LogP contribution in [-0.4, -0.2) is 36.6 Å². The summed E-state index contributed by atoms with van der Waals surface area (Å²) in [6, 6.07) is 7.63. The number of benzene rings is 1. The number of aryl methyl sites for hydroxylation is 1. The Hall–Kier alpha value is -1.27. The molecule has 25 heavy (non-hydrogen) atoms. The minimum absolute atomic E-state index is 0. The van der Waals surface area contributed by atoms with Gasteiger partial charge < -0.3 is 10.6 Å². The highest BCUT2D eigenvalue weighted by molar-refractivity contribution is 5.85. The van der Waals surface area contributed by atoms with Gasteiger partial charge in [0.15, 0.2) is 0 Å². The SMILES string of the molecule is Cc1ccc(CCN(CC(F)(F)F)C(=O)[C@@H]2CCC[C@@H]2CN)cc1.Cl. The molecular weight excluding hydrogens is 353 g/mol. The molecule has 2 N–H and O–H groups in total. The Labute approximate surface area is 153 Å². The Morgan fingerprint density at radius 1 is 1.24 bits per heavy atom. The molecule has 1 aliphatic rings. The van der Waals surface area contributed by atoms with E-state index in [2.05, 4.69) is 0 Å². The van der Waals surface area contributed by atoms with E-state index in [1.54, 1.807) is 0 Å². The van der Waals surface area contributed by atoms with Crippen molar-refractivity contribution in [2.45, 2.75) is 38.8 Å². The lowest BCUT2D eigenvalue weighted by molar-refractivity contribution is -0.164. The number of alkyl halides is 3. The average Bonchev–Trinajstić information content (AvgIpc) is 2.99. The number of hydrogen-bond donors (Lipinski definition) is 1. The third-order valence-corrected chi connectivity index (χ3v) is 4.75. The van der Waals surface area contributed by atoms with E-state index < -0.39 is 18.6 Å². The van der Waals surface area contributed by atoms with Crippen LogP contribution in [0.15, 0.2) is 24.3 Å². The standard InChI is InChI=1S/C18H25F3N2O.ClH/c1-13-5-7-14(8-6-13)9-10-23(12-18(19,20)21)17(24)16-4-2-3-15(16)11-22;/h5-8,15-16H,2-4,9-12,22H2,1H3;1H/t15-,16-;/m1./s1. The van der Waals surface area contributed by atoms with Gasteiger partial charge in [-0.1, -0.05) is 36.2 Å². The first kappa shape index (κ1) is 21.8. The molecule has 0 aliphatic heterocycles. The summed E-state index contributed by atoms with van der Waals surface area (Å²) in [6.07, 6.45) is -1.65. The summed E-state index contributed by atoms with van der Waals surface area (Å²) in [5.74, 6) is -0.754. The van der Waals surface area contributed by atoms with Gasteiger partial charge in [-0.15, -0.1) is 12.4 Å². The average molecular weight is 379 g/mol. The minimum Gasteiger partial charge on any atom is -0.333 e. The van der Waals surface area contributed by atoms with Crippen molar-refractivity contribution < 1.29 is 18.0 Å². The Morgan fingerprint density at radius 3 is 2.44 bits per heavy atom. The van der Waals surface area contributed by atoms with Gasteiger partial charge in [0, 0.05) is 12.5 Å². The lowest BCUT2D eigenvalue weighted by Crippen LogP contribution is -2.44. The first-order valence-corrected chi connectivity index (χ1v) is 8.41. The maximum Gasteiger partial charge on any atom is 0.406 e. The number of carbonyl (C=O) groups is 1. The van der Waals surface area contributed by atoms with Crippen molar-refractivity contribution >= 4 is 18.3 Å². The second-order valence-electron chi connectivity index (χ2n) is 6.64. The van der Waals surface area contributed by atoms with Gasteiger partial charge in [-0.05, 0) is 44.2 Å². The van der Waals surface area contributed by atoms with E-state index in [0.29, 0.717) is 19.4 Å². The second-order valence-corrected chi connectivity index (χ2v) is 6.64. The summed E-state index contributed by atoms with van der Waals surface area (Å²) in [6.45, 7) is 1.20. The minimum atomic E-state index is -4.39. The largest absolute Gasteiger partial charge is 0.406 e. The van der Waals surface area contributed by atoms with Crippen LogP contribution < -0.4 is 5.73 Å². The fraction of sp³-hybridized carbons (Fsp3) is 0.611. The van der Waals surface area contributed by atoms with E-state index in [1.807, 2.05) is 31.2 Å². The third kappa shape index (κ3) is 6.51. The van der Waals surface area contributed by atoms with E-state index in [4.69, 9.17) is 5.73 Å². The number of nitrogens with zero attached hydrogens (tertiary/aromatic N) is 1. The molecular formula is C18H26ClF3N2O. The summed E-state index contributed by atoms with van der Waals surface area (Å²) in [7, 11) is 0. The molecule has 0 saturated heterocycles. The number of hydrogen-bond acceptors (Lipinski definition) is 2. The molecule has 0 bridgehead atoms. The molecule has 1 fully saturated rings. The van der Waals surface area contributed by atoms with Crippen molar-refractivity contribution in [3.63, 3.8) is 0 Å². The maximum atomic E-state index is 12.9. The Kier molecular flexibility index (Phi) is 8.22. The van der Waals surface area contributed by atoms with Crippen molar-refractivity contribution in [1.82, 2.24) is 4.90 Å². The van der Waals surface area contributed by atoms with Crippen molar-refractivity contribution in [2.24, 2.45) is 17.6 Å². The van der Waals surface area contributed by atoms with Crippen LogP contribution in [0.2, 0.25) is 0 Å². The first-order chi connectivity index (χ1) is 11.3. The highest BCUT2D eigenvalue weighted by atomic mass is 35.5. The highest BCUT2D eigenvalue weighted by Gasteiger charge is 2.39. The van der Waals surface area contributed by atoms with Crippen LogP contribution in [0, 0.1) is 18.8 Å². The molecule has 2 rings (SSSR count). The predicted molar refractivity (Wildman–Crippen MR) is 94.7 cm³/mol. The van der Waals surface area contributed by atoms with Crippen LogP contribution >= 0.6 is 12.4 Å². The summed E-state index contributed by atoms with van der Waals surface area (Å²) < 4.78 is 38.7. The molecule has 7 heteroatoms. The fourth-order valence-electron chi connectivity index (χ4n) is 3.38. The molecule has 1 saturated carbocycles. The first-order valence-electron chi connectivity index (χ1n) is 8.41. The van der Waals surface area contributed by atoms with E-state index in [9.17, 15) is 18.0 Å². The number of amides is 1. The molecule has 0 spiro atoms. The number of nitrogens with two attached hydrogens (primary N) is 1. The van der Waals surface area contributed by atoms with Gasteiger partial charge in [0.1, 0.15) is 6.54 Å². The Balaban J connectivity index is 0.00000312.